The lowest BCUT2D eigenvalue weighted by molar-refractivity contribution is 0.918. The van der Waals surface area contributed by atoms with Crippen LogP contribution in [0.15, 0.2) is 30.4 Å². The maximum absolute atomic E-state index is 3.94. The Labute approximate surface area is 87.7 Å². The molecule has 0 fully saturated rings. The van der Waals surface area contributed by atoms with E-state index in [1.807, 2.05) is 0 Å². The number of aryl methyl sites for hydroxylation is 3. The van der Waals surface area contributed by atoms with Crippen molar-refractivity contribution in [1.82, 2.24) is 0 Å². The van der Waals surface area contributed by atoms with Gasteiger partial charge in [0, 0.05) is 0 Å². The molecular formula is C14H20. The van der Waals surface area contributed by atoms with Crippen LogP contribution in [0, 0.1) is 6.92 Å². The fourth-order valence-corrected chi connectivity index (χ4v) is 1.68. The van der Waals surface area contributed by atoms with E-state index in [-0.39, 0.29) is 0 Å². The Balaban J connectivity index is 2.80. The molecule has 1 rings (SSSR count). The van der Waals surface area contributed by atoms with Gasteiger partial charge in [0.2, 0.25) is 0 Å². The predicted molar refractivity (Wildman–Crippen MR) is 63.7 cm³/mol. The SMILES string of the molecule is C=C(C)CCc1ccc(C)cc1CC. The average Bonchev–Trinajstić information content (AvgIpc) is 2.15. The molecule has 0 atom stereocenters. The Bertz CT molecular complexity index is 321. The van der Waals surface area contributed by atoms with E-state index in [0.717, 1.165) is 19.3 Å². The van der Waals surface area contributed by atoms with E-state index in [1.165, 1.54) is 22.3 Å². The topological polar surface area (TPSA) is 0 Å². The quantitative estimate of drug-likeness (QED) is 0.625. The highest BCUT2D eigenvalue weighted by Gasteiger charge is 2.00. The molecule has 0 nitrogen and oxygen atoms in total. The van der Waals surface area contributed by atoms with Crippen LogP contribution in [-0.2, 0) is 12.8 Å². The molecule has 0 aliphatic heterocycles. The molecule has 76 valence electrons. The number of rotatable bonds is 4. The summed E-state index contributed by atoms with van der Waals surface area (Å²) < 4.78 is 0. The summed E-state index contributed by atoms with van der Waals surface area (Å²) in [5.41, 5.74) is 5.61. The van der Waals surface area contributed by atoms with Crippen molar-refractivity contribution in [3.8, 4) is 0 Å². The molecule has 0 radical (unpaired) electrons. The average molecular weight is 188 g/mol. The molecule has 0 heteroatoms. The normalized spacial score (nSPS) is 10.2. The second kappa shape index (κ2) is 4.99. The summed E-state index contributed by atoms with van der Waals surface area (Å²) in [6.45, 7) is 10.4. The Hall–Kier alpha value is -1.04. The zero-order chi connectivity index (χ0) is 10.6. The molecule has 1 aromatic rings. The first kappa shape index (κ1) is 11.0. The van der Waals surface area contributed by atoms with Gasteiger partial charge in [-0.3, -0.25) is 0 Å². The minimum atomic E-state index is 1.11. The Morgan fingerprint density at radius 3 is 2.57 bits per heavy atom. The van der Waals surface area contributed by atoms with Crippen LogP contribution in [0.5, 0.6) is 0 Å². The standard InChI is InChI=1S/C14H20/c1-5-13-10-12(4)7-9-14(13)8-6-11(2)3/h7,9-10H,2,5-6,8H2,1,3-4H3. The van der Waals surface area contributed by atoms with Crippen molar-refractivity contribution in [2.75, 3.05) is 0 Å². The molecule has 0 N–H and O–H groups in total. The molecule has 0 saturated heterocycles. The fourth-order valence-electron chi connectivity index (χ4n) is 1.68. The van der Waals surface area contributed by atoms with Crippen LogP contribution in [0.3, 0.4) is 0 Å². The number of hydrogen-bond acceptors (Lipinski definition) is 0. The molecule has 14 heavy (non-hydrogen) atoms. The van der Waals surface area contributed by atoms with Gasteiger partial charge in [-0.1, -0.05) is 36.3 Å². The molecule has 0 unspecified atom stereocenters. The molecule has 0 heterocycles. The highest BCUT2D eigenvalue weighted by Crippen LogP contribution is 2.15. The van der Waals surface area contributed by atoms with E-state index < -0.39 is 0 Å². The second-order valence-corrected chi connectivity index (χ2v) is 4.08. The summed E-state index contributed by atoms with van der Waals surface area (Å²) >= 11 is 0. The molecule has 0 spiro atoms. The lowest BCUT2D eigenvalue weighted by atomic mass is 9.97. The van der Waals surface area contributed by atoms with Gasteiger partial charge in [-0.05, 0) is 44.2 Å². The Morgan fingerprint density at radius 1 is 1.29 bits per heavy atom. The van der Waals surface area contributed by atoms with E-state index in [9.17, 15) is 0 Å². The summed E-state index contributed by atoms with van der Waals surface area (Å²) in [7, 11) is 0. The van der Waals surface area contributed by atoms with Gasteiger partial charge >= 0.3 is 0 Å². The van der Waals surface area contributed by atoms with Crippen LogP contribution in [-0.4, -0.2) is 0 Å². The van der Waals surface area contributed by atoms with Crippen LogP contribution in [0.25, 0.3) is 0 Å². The minimum absolute atomic E-state index is 1.11. The van der Waals surface area contributed by atoms with Crippen molar-refractivity contribution < 1.29 is 0 Å². The molecule has 0 aliphatic carbocycles. The van der Waals surface area contributed by atoms with Crippen LogP contribution < -0.4 is 0 Å². The van der Waals surface area contributed by atoms with Crippen LogP contribution >= 0.6 is 0 Å². The monoisotopic (exact) mass is 188 g/mol. The molecule has 0 bridgehead atoms. The van der Waals surface area contributed by atoms with Gasteiger partial charge < -0.3 is 0 Å². The third-order valence-electron chi connectivity index (χ3n) is 2.56. The molecule has 0 aliphatic rings. The van der Waals surface area contributed by atoms with Crippen LogP contribution in [0.1, 0.15) is 37.0 Å². The molecule has 0 aromatic heterocycles. The third kappa shape index (κ3) is 3.02. The Morgan fingerprint density at radius 2 is 2.00 bits per heavy atom. The number of hydrogen-bond donors (Lipinski definition) is 0. The van der Waals surface area contributed by atoms with E-state index in [1.54, 1.807) is 0 Å². The molecular weight excluding hydrogens is 168 g/mol. The molecule has 0 saturated carbocycles. The lowest BCUT2D eigenvalue weighted by Crippen LogP contribution is -1.94. The number of benzene rings is 1. The van der Waals surface area contributed by atoms with Gasteiger partial charge in [0.05, 0.1) is 0 Å². The fraction of sp³-hybridized carbons (Fsp3) is 0.429. The van der Waals surface area contributed by atoms with Crippen molar-refractivity contribution in [2.45, 2.75) is 40.0 Å². The molecule has 1 aromatic carbocycles. The Kier molecular flexibility index (Phi) is 3.94. The highest BCUT2D eigenvalue weighted by molar-refractivity contribution is 5.32. The van der Waals surface area contributed by atoms with E-state index in [4.69, 9.17) is 0 Å². The van der Waals surface area contributed by atoms with E-state index in [2.05, 4.69) is 45.5 Å². The van der Waals surface area contributed by atoms with Gasteiger partial charge in [-0.2, -0.15) is 0 Å². The first-order valence-electron chi connectivity index (χ1n) is 5.36. The largest absolute Gasteiger partial charge is 0.100 e. The molecule has 0 amide bonds. The van der Waals surface area contributed by atoms with Crippen molar-refractivity contribution >= 4 is 0 Å². The van der Waals surface area contributed by atoms with Crippen molar-refractivity contribution in [2.24, 2.45) is 0 Å². The number of allylic oxidation sites excluding steroid dienone is 1. The van der Waals surface area contributed by atoms with Crippen molar-refractivity contribution in [3.63, 3.8) is 0 Å². The van der Waals surface area contributed by atoms with Crippen molar-refractivity contribution in [3.05, 3.63) is 47.0 Å². The lowest BCUT2D eigenvalue weighted by Gasteiger charge is -2.08. The van der Waals surface area contributed by atoms with E-state index in [0.29, 0.717) is 0 Å². The van der Waals surface area contributed by atoms with Gasteiger partial charge in [-0.25, -0.2) is 0 Å². The van der Waals surface area contributed by atoms with Crippen LogP contribution in [0.4, 0.5) is 0 Å². The predicted octanol–water partition coefficient (Wildman–Crippen LogP) is 4.07. The summed E-state index contributed by atoms with van der Waals surface area (Å²) in [5, 5.41) is 0. The summed E-state index contributed by atoms with van der Waals surface area (Å²) in [5.74, 6) is 0. The van der Waals surface area contributed by atoms with E-state index >= 15 is 0 Å². The van der Waals surface area contributed by atoms with Gasteiger partial charge in [0.1, 0.15) is 0 Å². The first-order valence-corrected chi connectivity index (χ1v) is 5.36. The maximum atomic E-state index is 3.94. The van der Waals surface area contributed by atoms with Gasteiger partial charge in [0.15, 0.2) is 0 Å². The van der Waals surface area contributed by atoms with Gasteiger partial charge in [0.25, 0.3) is 0 Å². The second-order valence-electron chi connectivity index (χ2n) is 4.08. The smallest absolute Gasteiger partial charge is 0.0239 e. The maximum Gasteiger partial charge on any atom is -0.0239 e. The summed E-state index contributed by atoms with van der Waals surface area (Å²) in [4.78, 5) is 0. The zero-order valence-electron chi connectivity index (χ0n) is 9.56. The summed E-state index contributed by atoms with van der Waals surface area (Å²) in [6.07, 6.45) is 3.38. The third-order valence-corrected chi connectivity index (χ3v) is 2.56. The highest BCUT2D eigenvalue weighted by atomic mass is 14.1. The first-order chi connectivity index (χ1) is 6.63. The minimum Gasteiger partial charge on any atom is -0.100 e. The zero-order valence-corrected chi connectivity index (χ0v) is 9.56. The summed E-state index contributed by atoms with van der Waals surface area (Å²) in [6, 6.07) is 6.76. The van der Waals surface area contributed by atoms with Crippen molar-refractivity contribution in [1.29, 1.82) is 0 Å². The van der Waals surface area contributed by atoms with Crippen LogP contribution in [0.2, 0.25) is 0 Å². The van der Waals surface area contributed by atoms with Gasteiger partial charge in [-0.15, -0.1) is 6.58 Å².